The maximum absolute atomic E-state index is 12.5. The number of hydrogen-bond donors (Lipinski definition) is 0. The van der Waals surface area contributed by atoms with Crippen LogP contribution in [0.4, 0.5) is 0 Å². The maximum atomic E-state index is 12.5. The van der Waals surface area contributed by atoms with Crippen molar-refractivity contribution in [2.45, 2.75) is 46.5 Å². The summed E-state index contributed by atoms with van der Waals surface area (Å²) in [6.07, 6.45) is 3.73. The summed E-state index contributed by atoms with van der Waals surface area (Å²) in [5.74, 6) is -0.243. The van der Waals surface area contributed by atoms with E-state index in [9.17, 15) is 9.59 Å². The predicted octanol–water partition coefficient (Wildman–Crippen LogP) is 5.45. The molecule has 0 heterocycles. The highest BCUT2D eigenvalue weighted by Crippen LogP contribution is 2.24. The van der Waals surface area contributed by atoms with E-state index in [4.69, 9.17) is 9.47 Å². The molecule has 0 amide bonds. The van der Waals surface area contributed by atoms with Crippen LogP contribution in [0.2, 0.25) is 0 Å². The Hall–Kier alpha value is -2.62. The van der Waals surface area contributed by atoms with Crippen molar-refractivity contribution < 1.29 is 19.1 Å². The van der Waals surface area contributed by atoms with Gasteiger partial charge in [-0.05, 0) is 48.6 Å². The number of ether oxygens (including phenoxy) is 2. The van der Waals surface area contributed by atoms with E-state index < -0.39 is 11.9 Å². The molecular weight excluding hydrogens is 340 g/mol. The van der Waals surface area contributed by atoms with Crippen LogP contribution in [0.15, 0.2) is 48.5 Å². The first-order chi connectivity index (χ1) is 13.0. The number of unbranched alkanes of at least 4 members (excludes halogenated alkanes) is 2. The van der Waals surface area contributed by atoms with Crippen molar-refractivity contribution in [3.8, 4) is 5.75 Å². The van der Waals surface area contributed by atoms with E-state index in [0.29, 0.717) is 18.1 Å². The van der Waals surface area contributed by atoms with E-state index in [-0.39, 0.29) is 11.3 Å². The first-order valence-corrected chi connectivity index (χ1v) is 9.58. The van der Waals surface area contributed by atoms with Crippen LogP contribution in [0.1, 0.15) is 66.3 Å². The van der Waals surface area contributed by atoms with Gasteiger partial charge in [0.15, 0.2) is 0 Å². The lowest BCUT2D eigenvalue weighted by Gasteiger charge is -2.13. The summed E-state index contributed by atoms with van der Waals surface area (Å²) >= 11 is 0. The number of benzene rings is 2. The monoisotopic (exact) mass is 368 g/mol. The van der Waals surface area contributed by atoms with Gasteiger partial charge in [0.2, 0.25) is 0 Å². The zero-order chi connectivity index (χ0) is 19.6. The molecule has 0 aliphatic heterocycles. The first-order valence-electron chi connectivity index (χ1n) is 9.58. The molecule has 2 aromatic rings. The lowest BCUT2D eigenvalue weighted by atomic mass is 10.0. The van der Waals surface area contributed by atoms with E-state index >= 15 is 0 Å². The molecule has 2 rings (SSSR count). The minimum atomic E-state index is -0.489. The number of carbonyl (C=O) groups excluding carboxylic acids is 2. The van der Waals surface area contributed by atoms with Gasteiger partial charge in [0, 0.05) is 0 Å². The molecule has 4 heteroatoms. The quantitative estimate of drug-likeness (QED) is 0.335. The highest BCUT2D eigenvalue weighted by molar-refractivity contribution is 5.96. The van der Waals surface area contributed by atoms with Gasteiger partial charge in [-0.25, -0.2) is 9.59 Å². The minimum Gasteiger partial charge on any atom is -0.462 e. The number of hydrogen-bond acceptors (Lipinski definition) is 4. The molecule has 2 aromatic carbocycles. The van der Waals surface area contributed by atoms with E-state index in [0.717, 1.165) is 31.2 Å². The highest BCUT2D eigenvalue weighted by Gasteiger charge is 2.18. The molecule has 0 radical (unpaired) electrons. The largest absolute Gasteiger partial charge is 0.462 e. The van der Waals surface area contributed by atoms with Crippen LogP contribution in [0, 0.1) is 5.92 Å². The van der Waals surface area contributed by atoms with Gasteiger partial charge in [0.05, 0.1) is 12.2 Å². The summed E-state index contributed by atoms with van der Waals surface area (Å²) in [6.45, 7) is 6.69. The molecule has 0 aromatic heterocycles. The summed E-state index contributed by atoms with van der Waals surface area (Å²) in [4.78, 5) is 24.9. The van der Waals surface area contributed by atoms with Gasteiger partial charge in [-0.1, -0.05) is 57.9 Å². The molecule has 0 bridgehead atoms. The average molecular weight is 368 g/mol. The number of esters is 2. The summed E-state index contributed by atoms with van der Waals surface area (Å²) in [7, 11) is 0. The molecule has 0 N–H and O–H groups in total. The van der Waals surface area contributed by atoms with Crippen molar-refractivity contribution in [1.29, 1.82) is 0 Å². The second kappa shape index (κ2) is 10.5. The Morgan fingerprint density at radius 3 is 2.37 bits per heavy atom. The van der Waals surface area contributed by atoms with E-state index in [2.05, 4.69) is 20.8 Å². The lowest BCUT2D eigenvalue weighted by molar-refractivity contribution is 0.0492. The molecule has 0 atom stereocenters. The number of carbonyl (C=O) groups is 2. The van der Waals surface area contributed by atoms with Crippen molar-refractivity contribution in [1.82, 2.24) is 0 Å². The molecule has 0 fully saturated rings. The molecular formula is C23H28O4. The summed E-state index contributed by atoms with van der Waals surface area (Å²) < 4.78 is 10.9. The lowest BCUT2D eigenvalue weighted by Crippen LogP contribution is -2.14. The smallest absolute Gasteiger partial charge is 0.343 e. The fraction of sp³-hybridized carbons (Fsp3) is 0.391. The summed E-state index contributed by atoms with van der Waals surface area (Å²) in [6, 6.07) is 14.1. The SMILES string of the molecule is CCCCCOC(=O)c1ccc(CC(C)C)cc1OC(=O)c1ccccc1. The summed E-state index contributed by atoms with van der Waals surface area (Å²) in [5, 5.41) is 0. The second-order valence-electron chi connectivity index (χ2n) is 7.03. The van der Waals surface area contributed by atoms with Gasteiger partial charge in [-0.2, -0.15) is 0 Å². The van der Waals surface area contributed by atoms with Crippen molar-refractivity contribution >= 4 is 11.9 Å². The van der Waals surface area contributed by atoms with Gasteiger partial charge in [-0.3, -0.25) is 0 Å². The van der Waals surface area contributed by atoms with Gasteiger partial charge in [-0.15, -0.1) is 0 Å². The topological polar surface area (TPSA) is 52.6 Å². The Bertz CT molecular complexity index is 750. The maximum Gasteiger partial charge on any atom is 0.343 e. The van der Waals surface area contributed by atoms with Crippen molar-refractivity contribution in [3.05, 3.63) is 65.2 Å². The molecule has 0 spiro atoms. The van der Waals surface area contributed by atoms with Crippen molar-refractivity contribution in [3.63, 3.8) is 0 Å². The average Bonchev–Trinajstić information content (AvgIpc) is 2.65. The third-order valence-electron chi connectivity index (χ3n) is 4.10. The Balaban J connectivity index is 2.21. The van der Waals surface area contributed by atoms with Crippen LogP contribution < -0.4 is 4.74 Å². The standard InChI is InChI=1S/C23H28O4/c1-4-5-9-14-26-23(25)20-13-12-18(15-17(2)3)16-21(20)27-22(24)19-10-7-6-8-11-19/h6-8,10-13,16-17H,4-5,9,14-15H2,1-3H3. The molecule has 144 valence electrons. The zero-order valence-electron chi connectivity index (χ0n) is 16.4. The third kappa shape index (κ3) is 6.55. The van der Waals surface area contributed by atoms with Gasteiger partial charge >= 0.3 is 11.9 Å². The Kier molecular flexibility index (Phi) is 8.05. The van der Waals surface area contributed by atoms with Crippen molar-refractivity contribution in [2.75, 3.05) is 6.61 Å². The molecule has 27 heavy (non-hydrogen) atoms. The second-order valence-corrected chi connectivity index (χ2v) is 7.03. The van der Waals surface area contributed by atoms with Gasteiger partial charge in [0.1, 0.15) is 11.3 Å². The Labute approximate surface area is 161 Å². The normalized spacial score (nSPS) is 10.7. The Morgan fingerprint density at radius 1 is 0.963 bits per heavy atom. The highest BCUT2D eigenvalue weighted by atomic mass is 16.5. The van der Waals surface area contributed by atoms with E-state index in [1.54, 1.807) is 36.4 Å². The molecule has 0 aliphatic rings. The van der Waals surface area contributed by atoms with E-state index in [1.807, 2.05) is 12.1 Å². The fourth-order valence-electron chi connectivity index (χ4n) is 2.75. The van der Waals surface area contributed by atoms with Crippen LogP contribution >= 0.6 is 0 Å². The van der Waals surface area contributed by atoms with Crippen LogP contribution in [-0.4, -0.2) is 18.5 Å². The minimum absolute atomic E-state index is 0.252. The van der Waals surface area contributed by atoms with Crippen LogP contribution in [0.25, 0.3) is 0 Å². The van der Waals surface area contributed by atoms with Crippen molar-refractivity contribution in [2.24, 2.45) is 5.92 Å². The molecule has 0 saturated carbocycles. The number of rotatable bonds is 9. The zero-order valence-corrected chi connectivity index (χ0v) is 16.4. The molecule has 4 nitrogen and oxygen atoms in total. The Morgan fingerprint density at radius 2 is 1.70 bits per heavy atom. The first kappa shape index (κ1) is 20.7. The fourth-order valence-corrected chi connectivity index (χ4v) is 2.75. The van der Waals surface area contributed by atoms with Gasteiger partial charge < -0.3 is 9.47 Å². The molecule has 0 aliphatic carbocycles. The van der Waals surface area contributed by atoms with Crippen LogP contribution in [0.3, 0.4) is 0 Å². The van der Waals surface area contributed by atoms with Crippen LogP contribution in [-0.2, 0) is 11.2 Å². The van der Waals surface area contributed by atoms with Crippen LogP contribution in [0.5, 0.6) is 5.75 Å². The molecule has 0 unspecified atom stereocenters. The predicted molar refractivity (Wildman–Crippen MR) is 106 cm³/mol. The molecule has 0 saturated heterocycles. The summed E-state index contributed by atoms with van der Waals surface area (Å²) in [5.41, 5.74) is 1.74. The van der Waals surface area contributed by atoms with E-state index in [1.165, 1.54) is 0 Å². The third-order valence-corrected chi connectivity index (χ3v) is 4.10. The van der Waals surface area contributed by atoms with Gasteiger partial charge in [0.25, 0.3) is 0 Å².